The molecule has 2 aromatic carbocycles. The average Bonchev–Trinajstić information content (AvgIpc) is 2.64. The van der Waals surface area contributed by atoms with Gasteiger partial charge in [-0.3, -0.25) is 4.90 Å². The molecule has 26 heavy (non-hydrogen) atoms. The zero-order chi connectivity index (χ0) is 18.4. The third-order valence-corrected chi connectivity index (χ3v) is 5.32. The predicted molar refractivity (Wildman–Crippen MR) is 106 cm³/mol. The van der Waals surface area contributed by atoms with E-state index in [-0.39, 0.29) is 17.8 Å². The maximum Gasteiger partial charge on any atom is 0.123 e. The van der Waals surface area contributed by atoms with Crippen LogP contribution in [-0.4, -0.2) is 36.2 Å². The summed E-state index contributed by atoms with van der Waals surface area (Å²) in [6.07, 6.45) is 7.06. The Bertz CT molecular complexity index is 746. The molecular formula is C22H25ClFNO. The molecule has 0 bridgehead atoms. The van der Waals surface area contributed by atoms with Crippen molar-refractivity contribution in [3.63, 3.8) is 0 Å². The number of benzene rings is 2. The van der Waals surface area contributed by atoms with E-state index in [1.165, 1.54) is 17.7 Å². The molecule has 1 aliphatic heterocycles. The number of rotatable bonds is 6. The van der Waals surface area contributed by atoms with Crippen LogP contribution >= 0.6 is 11.6 Å². The molecule has 3 rings (SSSR count). The van der Waals surface area contributed by atoms with Gasteiger partial charge in [0.1, 0.15) is 5.82 Å². The third kappa shape index (κ3) is 5.16. The smallest absolute Gasteiger partial charge is 0.123 e. The molecule has 1 unspecified atom stereocenters. The molecule has 2 nitrogen and oxygen atoms in total. The van der Waals surface area contributed by atoms with E-state index in [1.54, 1.807) is 12.1 Å². The molecule has 1 aliphatic rings. The SMILES string of the molecule is OCC1(Cc2cccc(Cl)c2)CCCN(C/C=C/c2ccc(F)cc2)C1. The van der Waals surface area contributed by atoms with Gasteiger partial charge in [-0.15, -0.1) is 0 Å². The van der Waals surface area contributed by atoms with Crippen molar-refractivity contribution < 1.29 is 9.50 Å². The fourth-order valence-corrected chi connectivity index (χ4v) is 4.00. The Labute approximate surface area is 159 Å². The van der Waals surface area contributed by atoms with Gasteiger partial charge in [0, 0.05) is 23.5 Å². The van der Waals surface area contributed by atoms with Gasteiger partial charge in [-0.2, -0.15) is 0 Å². The number of aliphatic hydroxyl groups is 1. The first-order valence-corrected chi connectivity index (χ1v) is 9.46. The fourth-order valence-electron chi connectivity index (χ4n) is 3.79. The second-order valence-corrected chi connectivity index (χ2v) is 7.69. The first-order chi connectivity index (χ1) is 12.6. The van der Waals surface area contributed by atoms with Crippen LogP contribution in [0.25, 0.3) is 6.08 Å². The molecule has 0 aliphatic carbocycles. The van der Waals surface area contributed by atoms with E-state index >= 15 is 0 Å². The number of nitrogens with zero attached hydrogens (tertiary/aromatic N) is 1. The van der Waals surface area contributed by atoms with Crippen LogP contribution in [0.3, 0.4) is 0 Å². The van der Waals surface area contributed by atoms with Gasteiger partial charge in [0.05, 0.1) is 6.61 Å². The van der Waals surface area contributed by atoms with E-state index < -0.39 is 0 Å². The summed E-state index contributed by atoms with van der Waals surface area (Å²) in [6, 6.07) is 14.4. The molecule has 4 heteroatoms. The molecule has 1 atom stereocenters. The summed E-state index contributed by atoms with van der Waals surface area (Å²) in [4.78, 5) is 2.38. The normalized spacial score (nSPS) is 21.3. The molecule has 138 valence electrons. The second-order valence-electron chi connectivity index (χ2n) is 7.26. The predicted octanol–water partition coefficient (Wildman–Crippen LogP) is 4.81. The van der Waals surface area contributed by atoms with Crippen molar-refractivity contribution in [1.82, 2.24) is 4.90 Å². The minimum absolute atomic E-state index is 0.118. The van der Waals surface area contributed by atoms with E-state index in [9.17, 15) is 9.50 Å². The molecule has 1 saturated heterocycles. The number of aliphatic hydroxyl groups excluding tert-OH is 1. The van der Waals surface area contributed by atoms with Crippen molar-refractivity contribution in [3.8, 4) is 0 Å². The minimum Gasteiger partial charge on any atom is -0.396 e. The lowest BCUT2D eigenvalue weighted by atomic mass is 9.76. The Morgan fingerprint density at radius 1 is 1.19 bits per heavy atom. The van der Waals surface area contributed by atoms with Crippen LogP contribution in [0.1, 0.15) is 24.0 Å². The van der Waals surface area contributed by atoms with E-state index in [4.69, 9.17) is 11.6 Å². The summed E-state index contributed by atoms with van der Waals surface area (Å²) in [7, 11) is 0. The quantitative estimate of drug-likeness (QED) is 0.785. The summed E-state index contributed by atoms with van der Waals surface area (Å²) in [6.45, 7) is 2.90. The minimum atomic E-state index is -0.216. The van der Waals surface area contributed by atoms with E-state index in [0.717, 1.165) is 49.5 Å². The standard InChI is InChI=1S/C22H25ClFNO/c23-20-6-1-4-19(14-20)15-22(17-26)11-3-13-25(16-22)12-2-5-18-7-9-21(24)10-8-18/h1-2,4-10,14,26H,3,11-13,15-17H2/b5-2+. The van der Waals surface area contributed by atoms with Gasteiger partial charge in [-0.25, -0.2) is 4.39 Å². The lowest BCUT2D eigenvalue weighted by Crippen LogP contribution is -2.46. The van der Waals surface area contributed by atoms with Crippen molar-refractivity contribution in [1.29, 1.82) is 0 Å². The van der Waals surface area contributed by atoms with Crippen molar-refractivity contribution in [3.05, 3.63) is 76.6 Å². The van der Waals surface area contributed by atoms with Crippen LogP contribution in [0.2, 0.25) is 5.02 Å². The fraction of sp³-hybridized carbons (Fsp3) is 0.364. The molecule has 0 saturated carbocycles. The molecule has 0 aromatic heterocycles. The zero-order valence-corrected chi connectivity index (χ0v) is 15.6. The van der Waals surface area contributed by atoms with Crippen molar-refractivity contribution >= 4 is 17.7 Å². The number of halogens is 2. The molecular weight excluding hydrogens is 349 g/mol. The monoisotopic (exact) mass is 373 g/mol. The molecule has 0 spiro atoms. The largest absolute Gasteiger partial charge is 0.396 e. The van der Waals surface area contributed by atoms with Gasteiger partial charge < -0.3 is 5.11 Å². The van der Waals surface area contributed by atoms with Gasteiger partial charge in [0.2, 0.25) is 0 Å². The Balaban J connectivity index is 1.62. The van der Waals surface area contributed by atoms with Crippen LogP contribution in [-0.2, 0) is 6.42 Å². The highest BCUT2D eigenvalue weighted by Crippen LogP contribution is 2.33. The zero-order valence-electron chi connectivity index (χ0n) is 14.9. The van der Waals surface area contributed by atoms with E-state index in [2.05, 4.69) is 17.0 Å². The van der Waals surface area contributed by atoms with Crippen LogP contribution < -0.4 is 0 Å². The Hall–Kier alpha value is -1.68. The number of hydrogen-bond acceptors (Lipinski definition) is 2. The Morgan fingerprint density at radius 3 is 2.73 bits per heavy atom. The summed E-state index contributed by atoms with van der Waals surface area (Å²) in [5.41, 5.74) is 2.05. The summed E-state index contributed by atoms with van der Waals surface area (Å²) < 4.78 is 13.0. The average molecular weight is 374 g/mol. The number of piperidine rings is 1. The molecule has 1 N–H and O–H groups in total. The Morgan fingerprint density at radius 2 is 2.00 bits per heavy atom. The maximum absolute atomic E-state index is 13.0. The van der Waals surface area contributed by atoms with Crippen LogP contribution in [0.15, 0.2) is 54.6 Å². The first-order valence-electron chi connectivity index (χ1n) is 9.08. The highest BCUT2D eigenvalue weighted by Gasteiger charge is 2.34. The molecule has 1 heterocycles. The lowest BCUT2D eigenvalue weighted by molar-refractivity contribution is 0.0376. The Kier molecular flexibility index (Phi) is 6.47. The van der Waals surface area contributed by atoms with Gasteiger partial charge in [-0.1, -0.05) is 48.0 Å². The topological polar surface area (TPSA) is 23.5 Å². The highest BCUT2D eigenvalue weighted by molar-refractivity contribution is 6.30. The lowest BCUT2D eigenvalue weighted by Gasteiger charge is -2.41. The first kappa shape index (κ1) is 19.1. The summed E-state index contributed by atoms with van der Waals surface area (Å²) in [5, 5.41) is 10.8. The highest BCUT2D eigenvalue weighted by atomic mass is 35.5. The number of hydrogen-bond donors (Lipinski definition) is 1. The van der Waals surface area contributed by atoms with Crippen LogP contribution in [0, 0.1) is 11.2 Å². The maximum atomic E-state index is 13.0. The van der Waals surface area contributed by atoms with Crippen LogP contribution in [0.4, 0.5) is 4.39 Å². The second kappa shape index (κ2) is 8.81. The molecule has 1 fully saturated rings. The van der Waals surface area contributed by atoms with Crippen LogP contribution in [0.5, 0.6) is 0 Å². The van der Waals surface area contributed by atoms with Gasteiger partial charge in [0.25, 0.3) is 0 Å². The van der Waals surface area contributed by atoms with E-state index in [1.807, 2.05) is 24.3 Å². The molecule has 0 radical (unpaired) electrons. The van der Waals surface area contributed by atoms with Gasteiger partial charge in [0.15, 0.2) is 0 Å². The number of likely N-dealkylation sites (tertiary alicyclic amines) is 1. The van der Waals surface area contributed by atoms with Gasteiger partial charge >= 0.3 is 0 Å². The van der Waals surface area contributed by atoms with Crippen molar-refractivity contribution in [2.75, 3.05) is 26.2 Å². The molecule has 0 amide bonds. The van der Waals surface area contributed by atoms with E-state index in [0.29, 0.717) is 0 Å². The summed E-state index contributed by atoms with van der Waals surface area (Å²) >= 11 is 6.11. The van der Waals surface area contributed by atoms with Crippen molar-refractivity contribution in [2.24, 2.45) is 5.41 Å². The van der Waals surface area contributed by atoms with Gasteiger partial charge in [-0.05, 0) is 61.2 Å². The molecule has 2 aromatic rings. The van der Waals surface area contributed by atoms with Crippen molar-refractivity contribution in [2.45, 2.75) is 19.3 Å². The summed E-state index contributed by atoms with van der Waals surface area (Å²) in [5.74, 6) is -0.216. The third-order valence-electron chi connectivity index (χ3n) is 5.09.